The molecule has 1 unspecified atom stereocenters. The van der Waals surface area contributed by atoms with Crippen LogP contribution >= 0.6 is 0 Å². The maximum atomic E-state index is 6.13. The maximum absolute atomic E-state index is 6.13. The van der Waals surface area contributed by atoms with E-state index in [4.69, 9.17) is 4.74 Å². The van der Waals surface area contributed by atoms with E-state index in [2.05, 4.69) is 60.8 Å². The number of nitrogens with one attached hydrogen (secondary N) is 1. The molecule has 2 aromatic rings. The Labute approximate surface area is 127 Å². The largest absolute Gasteiger partial charge is 0.489 e. The fourth-order valence-electron chi connectivity index (χ4n) is 2.46. The number of para-hydroxylation sites is 1. The van der Waals surface area contributed by atoms with Gasteiger partial charge >= 0.3 is 0 Å². The zero-order chi connectivity index (χ0) is 14.5. The van der Waals surface area contributed by atoms with Gasteiger partial charge < -0.3 is 10.1 Å². The third kappa shape index (κ3) is 4.33. The molecule has 0 aliphatic heterocycles. The zero-order valence-corrected chi connectivity index (χ0v) is 12.6. The van der Waals surface area contributed by atoms with Crippen molar-refractivity contribution in [3.05, 3.63) is 65.7 Å². The molecule has 0 spiro atoms. The zero-order valence-electron chi connectivity index (χ0n) is 12.6. The van der Waals surface area contributed by atoms with Crippen LogP contribution in [0.5, 0.6) is 5.75 Å². The first kappa shape index (κ1) is 14.2. The SMILES string of the molecule is CC(CNC1CC1)Oc1ccccc1Cc1ccccc1. The number of hydrogen-bond acceptors (Lipinski definition) is 2. The van der Waals surface area contributed by atoms with E-state index in [9.17, 15) is 0 Å². The van der Waals surface area contributed by atoms with Gasteiger partial charge in [-0.3, -0.25) is 0 Å². The molecule has 2 heteroatoms. The molecule has 0 radical (unpaired) electrons. The molecule has 1 aliphatic rings. The van der Waals surface area contributed by atoms with Gasteiger partial charge in [0.05, 0.1) is 0 Å². The van der Waals surface area contributed by atoms with Crippen LogP contribution in [0, 0.1) is 0 Å². The van der Waals surface area contributed by atoms with Gasteiger partial charge in [-0.15, -0.1) is 0 Å². The van der Waals surface area contributed by atoms with Crippen LogP contribution in [0.2, 0.25) is 0 Å². The van der Waals surface area contributed by atoms with Crippen molar-refractivity contribution in [2.45, 2.75) is 38.3 Å². The predicted octanol–water partition coefficient (Wildman–Crippen LogP) is 3.80. The monoisotopic (exact) mass is 281 g/mol. The molecule has 2 aromatic carbocycles. The summed E-state index contributed by atoms with van der Waals surface area (Å²) in [4.78, 5) is 0. The summed E-state index contributed by atoms with van der Waals surface area (Å²) in [5, 5.41) is 3.52. The van der Waals surface area contributed by atoms with Gasteiger partial charge in [0.15, 0.2) is 0 Å². The molecule has 1 aliphatic carbocycles. The lowest BCUT2D eigenvalue weighted by atomic mass is 10.0. The van der Waals surface area contributed by atoms with Crippen molar-refractivity contribution in [2.75, 3.05) is 6.54 Å². The molecule has 1 atom stereocenters. The van der Waals surface area contributed by atoms with E-state index in [0.717, 1.165) is 24.8 Å². The molecule has 1 N–H and O–H groups in total. The Balaban J connectivity index is 1.64. The van der Waals surface area contributed by atoms with Gasteiger partial charge in [0.1, 0.15) is 11.9 Å². The lowest BCUT2D eigenvalue weighted by Crippen LogP contribution is -2.30. The Morgan fingerprint density at radius 1 is 1.05 bits per heavy atom. The minimum absolute atomic E-state index is 0.197. The van der Waals surface area contributed by atoms with Crippen LogP contribution in [0.15, 0.2) is 54.6 Å². The summed E-state index contributed by atoms with van der Waals surface area (Å²) in [6, 6.07) is 19.6. The Hall–Kier alpha value is -1.80. The van der Waals surface area contributed by atoms with E-state index in [1.165, 1.54) is 24.0 Å². The quantitative estimate of drug-likeness (QED) is 0.833. The minimum Gasteiger partial charge on any atom is -0.489 e. The van der Waals surface area contributed by atoms with Crippen molar-refractivity contribution in [3.8, 4) is 5.75 Å². The first-order valence-corrected chi connectivity index (χ1v) is 7.83. The van der Waals surface area contributed by atoms with Gasteiger partial charge in [0, 0.05) is 19.0 Å². The molecule has 0 heterocycles. The van der Waals surface area contributed by atoms with Crippen LogP contribution in [0.1, 0.15) is 30.9 Å². The summed E-state index contributed by atoms with van der Waals surface area (Å²) in [6.45, 7) is 3.05. The molecule has 0 amide bonds. The second-order valence-electron chi connectivity index (χ2n) is 5.88. The number of rotatable bonds is 7. The predicted molar refractivity (Wildman–Crippen MR) is 86.8 cm³/mol. The van der Waals surface area contributed by atoms with Gasteiger partial charge in [0.25, 0.3) is 0 Å². The molecular formula is C19H23NO. The van der Waals surface area contributed by atoms with Crippen molar-refractivity contribution in [3.63, 3.8) is 0 Å². The van der Waals surface area contributed by atoms with Crippen molar-refractivity contribution >= 4 is 0 Å². The van der Waals surface area contributed by atoms with Crippen LogP contribution in [-0.4, -0.2) is 18.7 Å². The van der Waals surface area contributed by atoms with Crippen molar-refractivity contribution in [2.24, 2.45) is 0 Å². The summed E-state index contributed by atoms with van der Waals surface area (Å²) in [7, 11) is 0. The summed E-state index contributed by atoms with van der Waals surface area (Å²) in [5.41, 5.74) is 2.57. The fraction of sp³-hybridized carbons (Fsp3) is 0.368. The van der Waals surface area contributed by atoms with Crippen LogP contribution < -0.4 is 10.1 Å². The highest BCUT2D eigenvalue weighted by atomic mass is 16.5. The van der Waals surface area contributed by atoms with E-state index in [0.29, 0.717) is 0 Å². The molecular weight excluding hydrogens is 258 g/mol. The normalized spacial score (nSPS) is 15.7. The highest BCUT2D eigenvalue weighted by molar-refractivity contribution is 5.37. The Bertz CT molecular complexity index is 563. The number of benzene rings is 2. The van der Waals surface area contributed by atoms with Crippen LogP contribution in [0.4, 0.5) is 0 Å². The van der Waals surface area contributed by atoms with Gasteiger partial charge in [-0.1, -0.05) is 48.5 Å². The number of hydrogen-bond donors (Lipinski definition) is 1. The van der Waals surface area contributed by atoms with E-state index in [-0.39, 0.29) is 6.10 Å². The highest BCUT2D eigenvalue weighted by Crippen LogP contribution is 2.23. The third-order valence-corrected chi connectivity index (χ3v) is 3.81. The molecule has 0 aromatic heterocycles. The first-order chi connectivity index (χ1) is 10.3. The fourth-order valence-corrected chi connectivity index (χ4v) is 2.46. The van der Waals surface area contributed by atoms with Crippen LogP contribution in [0.25, 0.3) is 0 Å². The van der Waals surface area contributed by atoms with Gasteiger partial charge in [-0.25, -0.2) is 0 Å². The third-order valence-electron chi connectivity index (χ3n) is 3.81. The second-order valence-corrected chi connectivity index (χ2v) is 5.88. The van der Waals surface area contributed by atoms with E-state index < -0.39 is 0 Å². The lowest BCUT2D eigenvalue weighted by Gasteiger charge is -2.18. The maximum Gasteiger partial charge on any atom is 0.123 e. The smallest absolute Gasteiger partial charge is 0.123 e. The molecule has 110 valence electrons. The summed E-state index contributed by atoms with van der Waals surface area (Å²) in [6.07, 6.45) is 3.75. The average Bonchev–Trinajstić information content (AvgIpc) is 3.33. The standard InChI is InChI=1S/C19H23NO/c1-15(14-20-18-11-12-18)21-19-10-6-5-9-17(19)13-16-7-3-2-4-8-16/h2-10,15,18,20H,11-14H2,1H3. The Morgan fingerprint density at radius 2 is 1.76 bits per heavy atom. The van der Waals surface area contributed by atoms with E-state index in [1.807, 2.05) is 6.07 Å². The first-order valence-electron chi connectivity index (χ1n) is 7.83. The van der Waals surface area contributed by atoms with Crippen molar-refractivity contribution < 1.29 is 4.74 Å². The number of ether oxygens (including phenoxy) is 1. The molecule has 1 saturated carbocycles. The van der Waals surface area contributed by atoms with Crippen LogP contribution in [-0.2, 0) is 6.42 Å². The summed E-state index contributed by atoms with van der Waals surface area (Å²) in [5.74, 6) is 1.01. The topological polar surface area (TPSA) is 21.3 Å². The average molecular weight is 281 g/mol. The molecule has 0 bridgehead atoms. The van der Waals surface area contributed by atoms with E-state index in [1.54, 1.807) is 0 Å². The summed E-state index contributed by atoms with van der Waals surface area (Å²) >= 11 is 0. The van der Waals surface area contributed by atoms with Crippen LogP contribution in [0.3, 0.4) is 0 Å². The molecule has 1 fully saturated rings. The molecule has 21 heavy (non-hydrogen) atoms. The van der Waals surface area contributed by atoms with Gasteiger partial charge in [-0.2, -0.15) is 0 Å². The van der Waals surface area contributed by atoms with Crippen molar-refractivity contribution in [1.29, 1.82) is 0 Å². The Kier molecular flexibility index (Phi) is 4.56. The minimum atomic E-state index is 0.197. The van der Waals surface area contributed by atoms with Crippen molar-refractivity contribution in [1.82, 2.24) is 5.32 Å². The van der Waals surface area contributed by atoms with Gasteiger partial charge in [-0.05, 0) is 37.0 Å². The van der Waals surface area contributed by atoms with Gasteiger partial charge in [0.2, 0.25) is 0 Å². The molecule has 3 rings (SSSR count). The highest BCUT2D eigenvalue weighted by Gasteiger charge is 2.21. The molecule has 0 saturated heterocycles. The Morgan fingerprint density at radius 3 is 2.52 bits per heavy atom. The summed E-state index contributed by atoms with van der Waals surface area (Å²) < 4.78 is 6.13. The van der Waals surface area contributed by atoms with E-state index >= 15 is 0 Å². The second kappa shape index (κ2) is 6.77. The molecule has 2 nitrogen and oxygen atoms in total. The lowest BCUT2D eigenvalue weighted by molar-refractivity contribution is 0.215.